The van der Waals surface area contributed by atoms with Gasteiger partial charge in [-0.15, -0.1) is 23.9 Å². The molecule has 0 spiro atoms. The number of carbonyl (C=O) groups is 1. The smallest absolute Gasteiger partial charge is 0.234 e. The van der Waals surface area contributed by atoms with Crippen LogP contribution in [0.15, 0.2) is 0 Å². The summed E-state index contributed by atoms with van der Waals surface area (Å²) < 4.78 is 0. The van der Waals surface area contributed by atoms with Crippen LogP contribution in [0.4, 0.5) is 0 Å². The van der Waals surface area contributed by atoms with E-state index in [0.717, 1.165) is 0 Å². The lowest BCUT2D eigenvalue weighted by Gasteiger charge is -1.96. The molecule has 9 heavy (non-hydrogen) atoms. The Morgan fingerprint density at radius 1 is 1.78 bits per heavy atom. The summed E-state index contributed by atoms with van der Waals surface area (Å²) in [6.45, 7) is 0.516. The Kier molecular flexibility index (Phi) is 5.04. The van der Waals surface area contributed by atoms with Crippen LogP contribution < -0.4 is 5.32 Å². The molecule has 0 aliphatic carbocycles. The Hall–Kier alpha value is -0.680. The van der Waals surface area contributed by atoms with Gasteiger partial charge in [0.2, 0.25) is 5.91 Å². The first kappa shape index (κ1) is 8.32. The number of carbonyl (C=O) groups excluding carboxylic acids is 1. The van der Waals surface area contributed by atoms with Crippen molar-refractivity contribution in [2.45, 2.75) is 6.42 Å². The van der Waals surface area contributed by atoms with Crippen LogP contribution in [-0.2, 0) is 4.79 Å². The maximum absolute atomic E-state index is 10.4. The molecule has 0 atom stereocenters. The number of hydrogen-bond donors (Lipinski definition) is 1. The summed E-state index contributed by atoms with van der Waals surface area (Å²) in [5.41, 5.74) is 0. The van der Waals surface area contributed by atoms with E-state index in [1.165, 1.54) is 0 Å². The molecule has 0 aliphatic rings. The minimum atomic E-state index is -0.174. The third-order valence-corrected chi connectivity index (χ3v) is 0.956. The Balaban J connectivity index is 3.09. The molecule has 0 aromatic heterocycles. The SMILES string of the molecule is C#CCCNC(=O)CCl. The Bertz CT molecular complexity index is 128. The summed E-state index contributed by atoms with van der Waals surface area (Å²) in [7, 11) is 0. The fourth-order valence-corrected chi connectivity index (χ4v) is 0.416. The van der Waals surface area contributed by atoms with Crippen molar-refractivity contribution in [3.8, 4) is 12.3 Å². The fraction of sp³-hybridized carbons (Fsp3) is 0.500. The maximum atomic E-state index is 10.4. The average molecular weight is 146 g/mol. The molecule has 2 nitrogen and oxygen atoms in total. The summed E-state index contributed by atoms with van der Waals surface area (Å²) in [6, 6.07) is 0. The molecule has 0 heterocycles. The van der Waals surface area contributed by atoms with E-state index >= 15 is 0 Å². The van der Waals surface area contributed by atoms with Crippen LogP contribution in [0.3, 0.4) is 0 Å². The van der Waals surface area contributed by atoms with E-state index in [2.05, 4.69) is 11.2 Å². The van der Waals surface area contributed by atoms with Gasteiger partial charge in [-0.2, -0.15) is 0 Å². The van der Waals surface area contributed by atoms with Gasteiger partial charge in [0.15, 0.2) is 0 Å². The van der Waals surface area contributed by atoms with Crippen molar-refractivity contribution < 1.29 is 4.79 Å². The number of halogens is 1. The Morgan fingerprint density at radius 2 is 2.44 bits per heavy atom. The molecule has 0 fully saturated rings. The highest BCUT2D eigenvalue weighted by molar-refractivity contribution is 6.27. The normalized spacial score (nSPS) is 8.00. The largest absolute Gasteiger partial charge is 0.354 e. The van der Waals surface area contributed by atoms with Gasteiger partial charge in [0, 0.05) is 13.0 Å². The maximum Gasteiger partial charge on any atom is 0.234 e. The van der Waals surface area contributed by atoms with Gasteiger partial charge in [-0.05, 0) is 0 Å². The second kappa shape index (κ2) is 5.46. The summed E-state index contributed by atoms with van der Waals surface area (Å²) in [4.78, 5) is 10.4. The third-order valence-electron chi connectivity index (χ3n) is 0.713. The lowest BCUT2D eigenvalue weighted by molar-refractivity contribution is -0.118. The molecule has 0 aliphatic heterocycles. The molecule has 3 heteroatoms. The van der Waals surface area contributed by atoms with Crippen molar-refractivity contribution in [2.24, 2.45) is 0 Å². The van der Waals surface area contributed by atoms with Gasteiger partial charge in [0.05, 0.1) is 0 Å². The van der Waals surface area contributed by atoms with Crippen molar-refractivity contribution in [3.63, 3.8) is 0 Å². The molecule has 50 valence electrons. The van der Waals surface area contributed by atoms with Gasteiger partial charge in [0.1, 0.15) is 5.88 Å². The third kappa shape index (κ3) is 5.19. The molecule has 0 saturated heterocycles. The summed E-state index contributed by atoms with van der Waals surface area (Å²) in [5, 5.41) is 2.52. The van der Waals surface area contributed by atoms with Crippen LogP contribution in [0.1, 0.15) is 6.42 Å². The molecular weight excluding hydrogens is 138 g/mol. The van der Waals surface area contributed by atoms with Crippen molar-refractivity contribution in [2.75, 3.05) is 12.4 Å². The molecule has 0 bridgehead atoms. The zero-order valence-electron chi connectivity index (χ0n) is 4.98. The number of amides is 1. The van der Waals surface area contributed by atoms with Crippen LogP contribution in [-0.4, -0.2) is 18.3 Å². The van der Waals surface area contributed by atoms with E-state index in [-0.39, 0.29) is 11.8 Å². The topological polar surface area (TPSA) is 29.1 Å². The van der Waals surface area contributed by atoms with Crippen LogP contribution in [0, 0.1) is 12.3 Å². The van der Waals surface area contributed by atoms with E-state index in [1.54, 1.807) is 0 Å². The monoisotopic (exact) mass is 145 g/mol. The second-order valence-corrected chi connectivity index (χ2v) is 1.70. The molecule has 0 aromatic rings. The van der Waals surface area contributed by atoms with Crippen molar-refractivity contribution in [3.05, 3.63) is 0 Å². The van der Waals surface area contributed by atoms with Crippen LogP contribution in [0.2, 0.25) is 0 Å². The summed E-state index contributed by atoms with van der Waals surface area (Å²) in [6.07, 6.45) is 5.48. The predicted molar refractivity (Wildman–Crippen MR) is 37.2 cm³/mol. The Morgan fingerprint density at radius 3 is 2.89 bits per heavy atom. The van der Waals surface area contributed by atoms with E-state index < -0.39 is 0 Å². The highest BCUT2D eigenvalue weighted by Crippen LogP contribution is 1.75. The molecule has 0 saturated carbocycles. The number of terminal acetylenes is 1. The number of alkyl halides is 1. The van der Waals surface area contributed by atoms with Gasteiger partial charge < -0.3 is 5.32 Å². The van der Waals surface area contributed by atoms with Crippen molar-refractivity contribution >= 4 is 17.5 Å². The van der Waals surface area contributed by atoms with Crippen LogP contribution in [0.5, 0.6) is 0 Å². The molecule has 1 N–H and O–H groups in total. The molecule has 0 radical (unpaired) electrons. The second-order valence-electron chi connectivity index (χ2n) is 1.44. The zero-order chi connectivity index (χ0) is 7.11. The number of hydrogen-bond acceptors (Lipinski definition) is 1. The Labute approximate surface area is 59.6 Å². The van der Waals surface area contributed by atoms with Crippen LogP contribution >= 0.6 is 11.6 Å². The van der Waals surface area contributed by atoms with E-state index in [9.17, 15) is 4.79 Å². The molecule has 0 aromatic carbocycles. The lowest BCUT2D eigenvalue weighted by atomic mass is 10.4. The first-order valence-corrected chi connectivity index (χ1v) is 3.11. The molecular formula is C6H8ClNO. The summed E-state index contributed by atoms with van der Waals surface area (Å²) in [5.74, 6) is 2.22. The van der Waals surface area contributed by atoms with E-state index in [0.29, 0.717) is 13.0 Å². The van der Waals surface area contributed by atoms with Crippen molar-refractivity contribution in [1.82, 2.24) is 5.32 Å². The first-order valence-electron chi connectivity index (χ1n) is 2.57. The van der Waals surface area contributed by atoms with E-state index in [1.807, 2.05) is 0 Å². The number of nitrogens with one attached hydrogen (secondary N) is 1. The minimum Gasteiger partial charge on any atom is -0.354 e. The van der Waals surface area contributed by atoms with Gasteiger partial charge >= 0.3 is 0 Å². The van der Waals surface area contributed by atoms with Gasteiger partial charge in [0.25, 0.3) is 0 Å². The minimum absolute atomic E-state index is 0.00454. The average Bonchev–Trinajstić information content (AvgIpc) is 1.89. The number of rotatable bonds is 3. The standard InChI is InChI=1S/C6H8ClNO/c1-2-3-4-8-6(9)5-7/h1H,3-5H2,(H,8,9). The highest BCUT2D eigenvalue weighted by Gasteiger charge is 1.93. The van der Waals surface area contributed by atoms with Gasteiger partial charge in [-0.3, -0.25) is 4.79 Å². The van der Waals surface area contributed by atoms with Gasteiger partial charge in [-0.25, -0.2) is 0 Å². The highest BCUT2D eigenvalue weighted by atomic mass is 35.5. The quantitative estimate of drug-likeness (QED) is 0.347. The molecule has 1 amide bonds. The molecule has 0 rings (SSSR count). The molecule has 0 unspecified atom stereocenters. The first-order chi connectivity index (χ1) is 4.31. The summed E-state index contributed by atoms with van der Waals surface area (Å²) >= 11 is 5.17. The zero-order valence-corrected chi connectivity index (χ0v) is 5.74. The predicted octanol–water partition coefficient (Wildman–Crippen LogP) is 0.365. The van der Waals surface area contributed by atoms with Crippen molar-refractivity contribution in [1.29, 1.82) is 0 Å². The van der Waals surface area contributed by atoms with Gasteiger partial charge in [-0.1, -0.05) is 0 Å². The fourth-order valence-electron chi connectivity index (χ4n) is 0.321. The lowest BCUT2D eigenvalue weighted by Crippen LogP contribution is -2.24. The van der Waals surface area contributed by atoms with Crippen LogP contribution in [0.25, 0.3) is 0 Å². The van der Waals surface area contributed by atoms with E-state index in [4.69, 9.17) is 18.0 Å².